The number of alkyl carbamates (subject to hydrolysis) is 2. The van der Waals surface area contributed by atoms with Gasteiger partial charge in [-0.05, 0) is 98.6 Å². The number of nitrogens with one attached hydrogen (secondary N) is 2. The molecule has 0 bridgehead atoms. The van der Waals surface area contributed by atoms with E-state index in [0.717, 1.165) is 17.4 Å². The van der Waals surface area contributed by atoms with Gasteiger partial charge in [0.05, 0.1) is 24.4 Å². The highest BCUT2D eigenvalue weighted by Crippen LogP contribution is 2.37. The maximum Gasteiger partial charge on any atom is 0.499 e. The molecular weight excluding hydrogens is 814 g/mol. The molecule has 3 aliphatic heterocycles. The van der Waals surface area contributed by atoms with Gasteiger partial charge in [-0.25, -0.2) is 9.59 Å². The minimum absolute atomic E-state index is 0. The Kier molecular flexibility index (Phi) is 17.9. The molecule has 6 N–H and O–H groups in total. The number of aldehydes is 1. The molecule has 3 aromatic rings. The van der Waals surface area contributed by atoms with E-state index in [1.54, 1.807) is 71.9 Å². The molecule has 0 radical (unpaired) electrons. The highest BCUT2D eigenvalue weighted by Gasteiger charge is 2.53. The van der Waals surface area contributed by atoms with E-state index in [2.05, 4.69) is 10.6 Å². The summed E-state index contributed by atoms with van der Waals surface area (Å²) in [5.74, 6) is 1.49. The lowest BCUT2D eigenvalue weighted by Crippen LogP contribution is -2.41. The highest BCUT2D eigenvalue weighted by molar-refractivity contribution is 6.64. The Morgan fingerprint density at radius 2 is 1.10 bits per heavy atom. The smallest absolute Gasteiger partial charge is 0.479 e. The number of rotatable bonds is 10. The van der Waals surface area contributed by atoms with E-state index in [-0.39, 0.29) is 32.6 Å². The van der Waals surface area contributed by atoms with Gasteiger partial charge in [0.2, 0.25) is 0 Å². The highest BCUT2D eigenvalue weighted by atomic mass is 35.5. The first-order chi connectivity index (χ1) is 28.1. The molecule has 0 aliphatic carbocycles. The van der Waals surface area contributed by atoms with Gasteiger partial charge in [-0.1, -0.05) is 36.4 Å². The summed E-state index contributed by atoms with van der Waals surface area (Å²) in [6.45, 7) is 19.1. The molecule has 1 saturated heterocycles. The van der Waals surface area contributed by atoms with Gasteiger partial charge in [0, 0.05) is 22.0 Å². The number of carbonyl (C=O) groups is 3. The topological polar surface area (TPSA) is 225 Å². The van der Waals surface area contributed by atoms with E-state index >= 15 is 0 Å². The van der Waals surface area contributed by atoms with Crippen LogP contribution in [0.1, 0.15) is 90.7 Å². The van der Waals surface area contributed by atoms with Gasteiger partial charge in [-0.15, -0.1) is 12.4 Å². The third-order valence-corrected chi connectivity index (χ3v) is 9.24. The van der Waals surface area contributed by atoms with Crippen LogP contribution in [0.2, 0.25) is 0 Å². The molecule has 3 aliphatic rings. The zero-order valence-corrected chi connectivity index (χ0v) is 37.1. The Labute approximate surface area is 364 Å². The lowest BCUT2D eigenvalue weighted by atomic mass is 9.75. The minimum Gasteiger partial charge on any atom is -0.479 e. The summed E-state index contributed by atoms with van der Waals surface area (Å²) in [6.07, 6.45) is -0.415. The largest absolute Gasteiger partial charge is 0.499 e. The number of nitrogens with two attached hydrogens (primary N) is 1. The van der Waals surface area contributed by atoms with Crippen LogP contribution in [0.5, 0.6) is 17.2 Å². The van der Waals surface area contributed by atoms with Crippen molar-refractivity contribution in [3.8, 4) is 17.2 Å². The van der Waals surface area contributed by atoms with Gasteiger partial charge in [0.15, 0.2) is 13.5 Å². The Hall–Kier alpha value is -4.53. The third kappa shape index (κ3) is 14.3. The first-order valence-electron chi connectivity index (χ1n) is 19.3. The van der Waals surface area contributed by atoms with Gasteiger partial charge in [0.25, 0.3) is 0 Å². The molecule has 6 rings (SSSR count). The molecule has 2 amide bonds. The second-order valence-electron chi connectivity index (χ2n) is 16.7. The summed E-state index contributed by atoms with van der Waals surface area (Å²) in [5.41, 5.74) is 7.04. The zero-order valence-electron chi connectivity index (χ0n) is 36.3. The summed E-state index contributed by atoms with van der Waals surface area (Å²) in [5, 5.41) is 24.2. The number of hydrogen-bond donors (Lipinski definition) is 5. The molecule has 0 spiro atoms. The van der Waals surface area contributed by atoms with E-state index in [9.17, 15) is 24.4 Å². The molecule has 0 atom stereocenters. The number of amides is 2. The number of hydrogen-bond acceptors (Lipinski definition) is 15. The fraction of sp³-hybridized carbons (Fsp3) is 0.475. The van der Waals surface area contributed by atoms with Crippen LogP contribution < -0.4 is 47.0 Å². The van der Waals surface area contributed by atoms with E-state index in [4.69, 9.17) is 48.0 Å². The second-order valence-corrected chi connectivity index (χ2v) is 16.7. The lowest BCUT2D eigenvalue weighted by molar-refractivity contribution is 0.00578. The van der Waals surface area contributed by atoms with Crippen LogP contribution in [0.15, 0.2) is 54.6 Å². The van der Waals surface area contributed by atoms with Crippen LogP contribution in [-0.2, 0) is 41.3 Å². The first-order valence-corrected chi connectivity index (χ1v) is 19.3. The van der Waals surface area contributed by atoms with Crippen LogP contribution in [0.4, 0.5) is 9.59 Å². The molecule has 0 saturated carbocycles. The van der Waals surface area contributed by atoms with Crippen molar-refractivity contribution < 1.29 is 66.7 Å². The van der Waals surface area contributed by atoms with Gasteiger partial charge >= 0.3 is 33.5 Å². The molecule has 3 aromatic carbocycles. The molecule has 3 heterocycles. The number of benzene rings is 3. The van der Waals surface area contributed by atoms with Crippen LogP contribution >= 0.6 is 12.4 Å². The fourth-order valence-corrected chi connectivity index (χ4v) is 5.81. The second kappa shape index (κ2) is 21.5. The van der Waals surface area contributed by atoms with Crippen molar-refractivity contribution in [1.29, 1.82) is 0 Å². The Bertz CT molecular complexity index is 1950. The number of carbonyl (C=O) groups excluding carboxylic acids is 3. The van der Waals surface area contributed by atoms with Crippen LogP contribution in [-0.4, -0.2) is 92.5 Å². The van der Waals surface area contributed by atoms with Gasteiger partial charge in [0.1, 0.15) is 41.5 Å². The predicted octanol–water partition coefficient (Wildman–Crippen LogP) is 3.05. The lowest BCUT2D eigenvalue weighted by Gasteiger charge is -2.32. The normalized spacial score (nSPS) is 15.7. The maximum absolute atomic E-state index is 11.8. The van der Waals surface area contributed by atoms with Gasteiger partial charge < -0.3 is 52.3 Å². The standard InChI is InChI=1S/C19H28BNO6.C13H18BNO5.C8H10BNO3.ClH/c1-17(2,3)25-16(23)21-12-24-14-10-8-9-13(11-22)15(14)20-26-18(4,5)19(6,7)27-20;1-13(2,3)20-12(16)15-8-18-10-6-4-5-9-7-19-14(17)11(9)10;10-5-12-7-3-1-2-6-4-13-9(11)8(6)7;/h8-11H,12H2,1-7H3,(H,21,23);4-6,17H,7-8H2,1-3H3,(H,15,16);1-3,11H,4-5,10H2;1H. The number of fused-ring (bicyclic) bond motifs is 2. The average Bonchev–Trinajstić information content (AvgIpc) is 3.79. The van der Waals surface area contributed by atoms with Crippen LogP contribution in [0, 0.1) is 0 Å². The van der Waals surface area contributed by atoms with Crippen molar-refractivity contribution in [3.05, 3.63) is 71.3 Å². The Balaban J connectivity index is 0.000000256. The minimum atomic E-state index is -0.984. The summed E-state index contributed by atoms with van der Waals surface area (Å²) in [4.78, 5) is 34.8. The monoisotopic (exact) mass is 871 g/mol. The molecule has 332 valence electrons. The molecule has 0 aromatic heterocycles. The summed E-state index contributed by atoms with van der Waals surface area (Å²) < 4.78 is 48.8. The van der Waals surface area contributed by atoms with Gasteiger partial charge in [-0.3, -0.25) is 21.2 Å². The Morgan fingerprint density at radius 3 is 1.49 bits per heavy atom. The SMILES string of the molecule is CC(C)(C)OC(=O)NCOc1cccc(C=O)c1B1OC(C)(C)C(C)(C)O1.CC(C)(C)OC(=O)NCOc1cccc2c1B(O)OC2.Cl.NCOc1cccc2c1B(O)OC2. The average molecular weight is 872 g/mol. The summed E-state index contributed by atoms with van der Waals surface area (Å²) >= 11 is 0. The first kappa shape index (κ1) is 50.8. The quantitative estimate of drug-likeness (QED) is 0.112. The van der Waals surface area contributed by atoms with Crippen molar-refractivity contribution in [2.75, 3.05) is 20.2 Å². The summed E-state index contributed by atoms with van der Waals surface area (Å²) in [6, 6.07) is 16.0. The van der Waals surface area contributed by atoms with Crippen molar-refractivity contribution in [2.24, 2.45) is 5.73 Å². The number of halogens is 1. The predicted molar refractivity (Wildman–Crippen MR) is 232 cm³/mol. The number of ether oxygens (including phenoxy) is 5. The van der Waals surface area contributed by atoms with E-state index < -0.39 is 55.9 Å². The van der Waals surface area contributed by atoms with Crippen molar-refractivity contribution in [3.63, 3.8) is 0 Å². The summed E-state index contributed by atoms with van der Waals surface area (Å²) in [7, 11) is -2.62. The van der Waals surface area contributed by atoms with Crippen molar-refractivity contribution >= 4 is 68.6 Å². The van der Waals surface area contributed by atoms with Crippen LogP contribution in [0.3, 0.4) is 0 Å². The fourth-order valence-electron chi connectivity index (χ4n) is 5.81. The maximum atomic E-state index is 11.8. The molecule has 21 heteroatoms. The molecule has 61 heavy (non-hydrogen) atoms. The molecular formula is C40H57B3ClN3O14. The van der Waals surface area contributed by atoms with E-state index in [0.29, 0.717) is 52.4 Å². The molecule has 0 unspecified atom stereocenters. The van der Waals surface area contributed by atoms with Crippen LogP contribution in [0.25, 0.3) is 0 Å². The zero-order chi connectivity index (χ0) is 44.5. The van der Waals surface area contributed by atoms with E-state index in [1.807, 2.05) is 52.0 Å². The third-order valence-electron chi connectivity index (χ3n) is 9.24. The van der Waals surface area contributed by atoms with Crippen molar-refractivity contribution in [1.82, 2.24) is 10.6 Å². The van der Waals surface area contributed by atoms with E-state index in [1.165, 1.54) is 0 Å². The molecule has 1 fully saturated rings. The Morgan fingerprint density at radius 1 is 0.705 bits per heavy atom. The van der Waals surface area contributed by atoms with Gasteiger partial charge in [-0.2, -0.15) is 0 Å². The van der Waals surface area contributed by atoms with Crippen molar-refractivity contribution in [2.45, 2.75) is 105 Å². The molecule has 17 nitrogen and oxygen atoms in total.